The molecule has 2 rings (SSSR count). The summed E-state index contributed by atoms with van der Waals surface area (Å²) in [5.41, 5.74) is 8.63. The highest BCUT2D eigenvalue weighted by Crippen LogP contribution is 2.31. The van der Waals surface area contributed by atoms with Crippen LogP contribution in [0.2, 0.25) is 0 Å². The Balaban J connectivity index is 1.94. The lowest BCUT2D eigenvalue weighted by Gasteiger charge is -2.38. The lowest BCUT2D eigenvalue weighted by molar-refractivity contribution is 0.118. The summed E-state index contributed by atoms with van der Waals surface area (Å²) in [6.07, 6.45) is 4.11. The van der Waals surface area contributed by atoms with Gasteiger partial charge >= 0.3 is 0 Å². The zero-order valence-electron chi connectivity index (χ0n) is 11.0. The van der Waals surface area contributed by atoms with Gasteiger partial charge in [0.15, 0.2) is 0 Å². The Hall–Kier alpha value is -0.860. The van der Waals surface area contributed by atoms with Crippen molar-refractivity contribution >= 4 is 0 Å². The number of nitrogens with zero attached hydrogens (tertiary/aromatic N) is 1. The van der Waals surface area contributed by atoms with Gasteiger partial charge in [0.1, 0.15) is 0 Å². The Labute approximate surface area is 105 Å². The van der Waals surface area contributed by atoms with E-state index >= 15 is 0 Å². The largest absolute Gasteiger partial charge is 0.329 e. The summed E-state index contributed by atoms with van der Waals surface area (Å²) < 4.78 is 0. The zero-order chi connectivity index (χ0) is 12.3. The molecule has 0 heterocycles. The molecule has 0 bridgehead atoms. The Morgan fingerprint density at radius 1 is 1.29 bits per heavy atom. The van der Waals surface area contributed by atoms with Gasteiger partial charge in [-0.2, -0.15) is 0 Å². The Bertz CT molecular complexity index is 340. The molecule has 2 nitrogen and oxygen atoms in total. The van der Waals surface area contributed by atoms with Gasteiger partial charge in [-0.15, -0.1) is 0 Å². The van der Waals surface area contributed by atoms with Crippen LogP contribution < -0.4 is 5.73 Å². The van der Waals surface area contributed by atoms with E-state index in [0.717, 1.165) is 19.0 Å². The molecule has 1 aromatic rings. The van der Waals surface area contributed by atoms with Gasteiger partial charge in [-0.25, -0.2) is 0 Å². The van der Waals surface area contributed by atoms with Crippen LogP contribution in [0.25, 0.3) is 0 Å². The fourth-order valence-corrected chi connectivity index (χ4v) is 2.66. The predicted molar refractivity (Wildman–Crippen MR) is 72.8 cm³/mol. The van der Waals surface area contributed by atoms with Crippen molar-refractivity contribution in [3.8, 4) is 0 Å². The first-order chi connectivity index (χ1) is 8.20. The van der Waals surface area contributed by atoms with Gasteiger partial charge in [0.2, 0.25) is 0 Å². The quantitative estimate of drug-likeness (QED) is 0.845. The molecule has 17 heavy (non-hydrogen) atoms. The number of rotatable bonds is 5. The van der Waals surface area contributed by atoms with Crippen LogP contribution in [-0.4, -0.2) is 24.5 Å². The first-order valence-corrected chi connectivity index (χ1v) is 6.66. The molecule has 0 aliphatic heterocycles. The molecule has 94 valence electrons. The average Bonchev–Trinajstić information content (AvgIpc) is 2.26. The van der Waals surface area contributed by atoms with Crippen molar-refractivity contribution in [3.63, 3.8) is 0 Å². The molecule has 1 atom stereocenters. The van der Waals surface area contributed by atoms with E-state index in [1.165, 1.54) is 30.4 Å². The topological polar surface area (TPSA) is 29.3 Å². The van der Waals surface area contributed by atoms with Crippen LogP contribution >= 0.6 is 0 Å². The fourth-order valence-electron chi connectivity index (χ4n) is 2.66. The number of aryl methyl sites for hydroxylation is 1. The molecule has 1 aliphatic carbocycles. The predicted octanol–water partition coefficient (Wildman–Crippen LogP) is 2.55. The van der Waals surface area contributed by atoms with Gasteiger partial charge < -0.3 is 5.73 Å². The van der Waals surface area contributed by atoms with Crippen LogP contribution in [0.5, 0.6) is 0 Å². The van der Waals surface area contributed by atoms with Gasteiger partial charge in [-0.3, -0.25) is 4.90 Å². The van der Waals surface area contributed by atoms with Crippen molar-refractivity contribution in [2.24, 2.45) is 11.7 Å². The van der Waals surface area contributed by atoms with E-state index < -0.39 is 0 Å². The van der Waals surface area contributed by atoms with Crippen LogP contribution in [-0.2, 0) is 6.54 Å². The van der Waals surface area contributed by atoms with Crippen molar-refractivity contribution < 1.29 is 0 Å². The molecule has 0 spiro atoms. The molecule has 2 N–H and O–H groups in total. The van der Waals surface area contributed by atoms with E-state index in [9.17, 15) is 0 Å². The van der Waals surface area contributed by atoms with Crippen LogP contribution in [0.1, 0.15) is 30.4 Å². The lowest BCUT2D eigenvalue weighted by Crippen LogP contribution is -2.45. The molecule has 0 radical (unpaired) electrons. The minimum atomic E-state index is 0.560. The van der Waals surface area contributed by atoms with E-state index in [1.54, 1.807) is 0 Å². The van der Waals surface area contributed by atoms with E-state index in [0.29, 0.717) is 6.04 Å². The third-order valence-electron chi connectivity index (χ3n) is 4.05. The second-order valence-electron chi connectivity index (χ2n) is 5.39. The molecular formula is C15H24N2. The van der Waals surface area contributed by atoms with Gasteiger partial charge in [-0.1, -0.05) is 36.2 Å². The third kappa shape index (κ3) is 3.08. The number of benzene rings is 1. The molecule has 2 heteroatoms. The summed E-state index contributed by atoms with van der Waals surface area (Å²) in [6, 6.07) is 9.37. The fraction of sp³-hybridized carbons (Fsp3) is 0.600. The maximum Gasteiger partial charge on any atom is 0.0247 e. The van der Waals surface area contributed by atoms with Crippen molar-refractivity contribution in [3.05, 3.63) is 35.4 Å². The molecule has 1 unspecified atom stereocenters. The smallest absolute Gasteiger partial charge is 0.0247 e. The van der Waals surface area contributed by atoms with Crippen molar-refractivity contribution in [1.29, 1.82) is 0 Å². The highest BCUT2D eigenvalue weighted by Gasteiger charge is 2.28. The molecule has 0 aromatic heterocycles. The van der Waals surface area contributed by atoms with Gasteiger partial charge in [0, 0.05) is 19.1 Å². The SMILES string of the molecule is Cc1ccc(CN(C)C(CN)C2CCC2)cc1. The molecule has 1 aromatic carbocycles. The third-order valence-corrected chi connectivity index (χ3v) is 4.05. The number of likely N-dealkylation sites (N-methyl/N-ethyl adjacent to an activating group) is 1. The monoisotopic (exact) mass is 232 g/mol. The number of nitrogens with two attached hydrogens (primary N) is 1. The molecular weight excluding hydrogens is 208 g/mol. The Morgan fingerprint density at radius 3 is 2.41 bits per heavy atom. The summed E-state index contributed by atoms with van der Waals surface area (Å²) in [7, 11) is 2.20. The summed E-state index contributed by atoms with van der Waals surface area (Å²) in [4.78, 5) is 2.43. The molecule has 1 aliphatic rings. The summed E-state index contributed by atoms with van der Waals surface area (Å²) >= 11 is 0. The standard InChI is InChI=1S/C15H24N2/c1-12-6-8-13(9-7-12)11-17(2)15(10-16)14-4-3-5-14/h6-9,14-15H,3-5,10-11,16H2,1-2H3. The van der Waals surface area contributed by atoms with Crippen LogP contribution in [0.3, 0.4) is 0 Å². The van der Waals surface area contributed by atoms with Gasteiger partial charge in [0.25, 0.3) is 0 Å². The van der Waals surface area contributed by atoms with Gasteiger partial charge in [0.05, 0.1) is 0 Å². The second kappa shape index (κ2) is 5.65. The van der Waals surface area contributed by atoms with Crippen molar-refractivity contribution in [1.82, 2.24) is 4.90 Å². The normalized spacial score (nSPS) is 18.1. The summed E-state index contributed by atoms with van der Waals surface area (Å²) in [6.45, 7) is 3.93. The second-order valence-corrected chi connectivity index (χ2v) is 5.39. The summed E-state index contributed by atoms with van der Waals surface area (Å²) in [5.74, 6) is 0.829. The maximum absolute atomic E-state index is 5.92. The number of hydrogen-bond acceptors (Lipinski definition) is 2. The Kier molecular flexibility index (Phi) is 4.19. The minimum Gasteiger partial charge on any atom is -0.329 e. The molecule has 0 saturated heterocycles. The molecule has 0 amide bonds. The van der Waals surface area contributed by atoms with Crippen molar-refractivity contribution in [2.75, 3.05) is 13.6 Å². The van der Waals surface area contributed by atoms with Crippen molar-refractivity contribution in [2.45, 2.75) is 38.8 Å². The number of hydrogen-bond donors (Lipinski definition) is 1. The highest BCUT2D eigenvalue weighted by molar-refractivity contribution is 5.21. The van der Waals surface area contributed by atoms with Crippen LogP contribution in [0.15, 0.2) is 24.3 Å². The van der Waals surface area contributed by atoms with Gasteiger partial charge in [-0.05, 0) is 38.3 Å². The van der Waals surface area contributed by atoms with E-state index in [4.69, 9.17) is 5.73 Å². The Morgan fingerprint density at radius 2 is 1.94 bits per heavy atom. The molecule has 1 saturated carbocycles. The highest BCUT2D eigenvalue weighted by atomic mass is 15.1. The lowest BCUT2D eigenvalue weighted by atomic mass is 9.79. The minimum absolute atomic E-state index is 0.560. The van der Waals surface area contributed by atoms with Crippen LogP contribution in [0, 0.1) is 12.8 Å². The van der Waals surface area contributed by atoms with E-state index in [1.807, 2.05) is 0 Å². The maximum atomic E-state index is 5.92. The molecule has 1 fully saturated rings. The zero-order valence-corrected chi connectivity index (χ0v) is 11.0. The first-order valence-electron chi connectivity index (χ1n) is 6.66. The summed E-state index contributed by atoms with van der Waals surface area (Å²) in [5, 5.41) is 0. The van der Waals surface area contributed by atoms with Crippen LogP contribution in [0.4, 0.5) is 0 Å². The first kappa shape index (κ1) is 12.6. The van der Waals surface area contributed by atoms with E-state index in [-0.39, 0.29) is 0 Å². The average molecular weight is 232 g/mol. The van der Waals surface area contributed by atoms with E-state index in [2.05, 4.69) is 43.1 Å².